The van der Waals surface area contributed by atoms with Gasteiger partial charge in [-0.1, -0.05) is 25.8 Å². The molecule has 4 rings (SSSR count). The van der Waals surface area contributed by atoms with Crippen molar-refractivity contribution in [1.82, 2.24) is 14.6 Å². The van der Waals surface area contributed by atoms with Crippen molar-refractivity contribution in [3.05, 3.63) is 53.3 Å². The van der Waals surface area contributed by atoms with E-state index in [1.807, 2.05) is 0 Å². The van der Waals surface area contributed by atoms with Crippen LogP contribution in [0.3, 0.4) is 0 Å². The van der Waals surface area contributed by atoms with Crippen LogP contribution in [0, 0.1) is 5.92 Å². The lowest BCUT2D eigenvalue weighted by atomic mass is 9.87. The minimum absolute atomic E-state index is 0.00000698. The van der Waals surface area contributed by atoms with Gasteiger partial charge in [0.25, 0.3) is 11.8 Å². The number of hydrogen-bond donors (Lipinski definition) is 1. The number of rotatable bonds is 6. The molecule has 31 heavy (non-hydrogen) atoms. The Balaban J connectivity index is 1.61. The van der Waals surface area contributed by atoms with Crippen LogP contribution in [0.5, 0.6) is 5.75 Å². The summed E-state index contributed by atoms with van der Waals surface area (Å²) in [6.45, 7) is 2.00. The van der Waals surface area contributed by atoms with Crippen LogP contribution in [0.4, 0.5) is 0 Å². The first-order chi connectivity index (χ1) is 14.8. The highest BCUT2D eigenvalue weighted by Gasteiger charge is 2.37. The zero-order valence-corrected chi connectivity index (χ0v) is 18.3. The minimum atomic E-state index is -3.85. The number of nitrogens with one attached hydrogen (secondary N) is 1. The molecule has 2 heterocycles. The second-order valence-electron chi connectivity index (χ2n) is 8.07. The van der Waals surface area contributed by atoms with E-state index in [9.17, 15) is 18.0 Å². The molecule has 2 aliphatic rings. The van der Waals surface area contributed by atoms with Crippen molar-refractivity contribution in [2.45, 2.75) is 50.1 Å². The first-order valence-corrected chi connectivity index (χ1v) is 11.8. The third-order valence-corrected chi connectivity index (χ3v) is 7.52. The smallest absolute Gasteiger partial charge is 0.280 e. The molecule has 0 spiro atoms. The minimum Gasteiger partial charge on any atom is -0.495 e. The van der Waals surface area contributed by atoms with Crippen LogP contribution in [0.15, 0.2) is 41.4 Å². The molecule has 8 nitrogen and oxygen atoms in total. The SMILES string of the molecule is COc1ccc(CN2C(=O)c3cccnc3C2=O)cc1S(=O)(=O)N[C@H]1CCCC[C@H]1C. The summed E-state index contributed by atoms with van der Waals surface area (Å²) in [6.07, 6.45) is 5.34. The van der Waals surface area contributed by atoms with Gasteiger partial charge in [0, 0.05) is 12.2 Å². The fourth-order valence-electron chi connectivity index (χ4n) is 4.22. The number of aromatic nitrogens is 1. The van der Waals surface area contributed by atoms with Crippen LogP contribution < -0.4 is 9.46 Å². The molecule has 1 saturated carbocycles. The van der Waals surface area contributed by atoms with Crippen molar-refractivity contribution in [3.63, 3.8) is 0 Å². The van der Waals surface area contributed by atoms with Gasteiger partial charge in [-0.25, -0.2) is 13.1 Å². The van der Waals surface area contributed by atoms with E-state index in [-0.39, 0.29) is 40.4 Å². The topological polar surface area (TPSA) is 106 Å². The highest BCUT2D eigenvalue weighted by Crippen LogP contribution is 2.30. The lowest BCUT2D eigenvalue weighted by Gasteiger charge is -2.29. The summed E-state index contributed by atoms with van der Waals surface area (Å²) in [5, 5.41) is 0. The molecule has 2 amide bonds. The number of carbonyl (C=O) groups is 2. The van der Waals surface area contributed by atoms with Crippen molar-refractivity contribution >= 4 is 21.8 Å². The molecule has 9 heteroatoms. The van der Waals surface area contributed by atoms with Gasteiger partial charge < -0.3 is 4.74 Å². The van der Waals surface area contributed by atoms with Gasteiger partial charge in [0.2, 0.25) is 10.0 Å². The van der Waals surface area contributed by atoms with Gasteiger partial charge in [-0.15, -0.1) is 0 Å². The maximum atomic E-state index is 13.2. The Morgan fingerprint density at radius 3 is 2.65 bits per heavy atom. The Morgan fingerprint density at radius 2 is 1.94 bits per heavy atom. The number of nitrogens with zero attached hydrogens (tertiary/aromatic N) is 2. The van der Waals surface area contributed by atoms with Crippen molar-refractivity contribution in [2.75, 3.05) is 7.11 Å². The molecule has 0 saturated heterocycles. The lowest BCUT2D eigenvalue weighted by Crippen LogP contribution is -2.41. The monoisotopic (exact) mass is 443 g/mol. The number of carbonyl (C=O) groups excluding carboxylic acids is 2. The average Bonchev–Trinajstić information content (AvgIpc) is 3.00. The highest BCUT2D eigenvalue weighted by molar-refractivity contribution is 7.89. The molecule has 1 aromatic carbocycles. The second kappa shape index (κ2) is 8.39. The fraction of sp³-hybridized carbons (Fsp3) is 0.409. The number of ether oxygens (including phenoxy) is 1. The number of hydrogen-bond acceptors (Lipinski definition) is 6. The molecule has 0 bridgehead atoms. The molecule has 2 aromatic rings. The molecule has 1 aliphatic heterocycles. The molecule has 164 valence electrons. The zero-order chi connectivity index (χ0) is 22.2. The van der Waals surface area contributed by atoms with Gasteiger partial charge in [-0.2, -0.15) is 0 Å². The standard InChI is InChI=1S/C22H25N3O5S/c1-14-6-3-4-8-17(14)24-31(28,29)19-12-15(9-10-18(19)30-2)13-25-21(26)16-7-5-11-23-20(16)22(25)27/h5,7,9-12,14,17,24H,3-4,6,8,13H2,1-2H3/t14-,17+/m1/s1. The Kier molecular flexibility index (Phi) is 5.81. The van der Waals surface area contributed by atoms with Crippen LogP contribution in [0.2, 0.25) is 0 Å². The number of fused-ring (bicyclic) bond motifs is 1. The van der Waals surface area contributed by atoms with Crippen molar-refractivity contribution in [3.8, 4) is 5.75 Å². The predicted molar refractivity (Wildman–Crippen MR) is 113 cm³/mol. The Labute approximate surface area is 181 Å². The van der Waals surface area contributed by atoms with Gasteiger partial charge in [-0.3, -0.25) is 19.5 Å². The molecule has 1 fully saturated rings. The van der Waals surface area contributed by atoms with Crippen LogP contribution >= 0.6 is 0 Å². The van der Waals surface area contributed by atoms with Gasteiger partial charge in [-0.05, 0) is 48.6 Å². The Morgan fingerprint density at radius 1 is 1.16 bits per heavy atom. The molecule has 1 N–H and O–H groups in total. The molecule has 1 aromatic heterocycles. The molecule has 0 radical (unpaired) electrons. The first kappa shape index (κ1) is 21.5. The maximum Gasteiger partial charge on any atom is 0.280 e. The summed E-state index contributed by atoms with van der Waals surface area (Å²) in [4.78, 5) is 30.3. The molecular formula is C22H25N3O5S. The van der Waals surface area contributed by atoms with E-state index in [1.165, 1.54) is 19.4 Å². The number of benzene rings is 1. The largest absolute Gasteiger partial charge is 0.495 e. The third-order valence-electron chi connectivity index (χ3n) is 6.01. The van der Waals surface area contributed by atoms with E-state index < -0.39 is 21.8 Å². The van der Waals surface area contributed by atoms with Gasteiger partial charge in [0.1, 0.15) is 16.3 Å². The van der Waals surface area contributed by atoms with Crippen molar-refractivity contribution < 1.29 is 22.7 Å². The number of pyridine rings is 1. The van der Waals surface area contributed by atoms with Crippen molar-refractivity contribution in [1.29, 1.82) is 0 Å². The van der Waals surface area contributed by atoms with Crippen LogP contribution in [-0.4, -0.2) is 43.3 Å². The van der Waals surface area contributed by atoms with E-state index in [0.717, 1.165) is 30.6 Å². The zero-order valence-electron chi connectivity index (χ0n) is 17.5. The summed E-state index contributed by atoms with van der Waals surface area (Å²) in [5.74, 6) is -0.468. The van der Waals surface area contributed by atoms with Gasteiger partial charge in [0.05, 0.1) is 19.2 Å². The number of sulfonamides is 1. The van der Waals surface area contributed by atoms with Crippen LogP contribution in [0.1, 0.15) is 59.0 Å². The predicted octanol–water partition coefficient (Wildman–Crippen LogP) is 2.74. The van der Waals surface area contributed by atoms with E-state index in [0.29, 0.717) is 5.56 Å². The van der Waals surface area contributed by atoms with Gasteiger partial charge >= 0.3 is 0 Å². The molecular weight excluding hydrogens is 418 g/mol. The summed E-state index contributed by atoms with van der Waals surface area (Å²) in [5.41, 5.74) is 0.871. The van der Waals surface area contributed by atoms with Crippen molar-refractivity contribution in [2.24, 2.45) is 5.92 Å². The quantitative estimate of drug-likeness (QED) is 0.688. The Bertz CT molecular complexity index is 1100. The number of amides is 2. The lowest BCUT2D eigenvalue weighted by molar-refractivity contribution is 0.0640. The molecule has 2 atom stereocenters. The maximum absolute atomic E-state index is 13.2. The Hall–Kier alpha value is -2.78. The molecule has 0 unspecified atom stereocenters. The summed E-state index contributed by atoms with van der Waals surface area (Å²) in [6, 6.07) is 7.69. The van der Waals surface area contributed by atoms with E-state index in [2.05, 4.69) is 16.6 Å². The fourth-order valence-corrected chi connectivity index (χ4v) is 5.82. The third kappa shape index (κ3) is 4.07. The van der Waals surface area contributed by atoms with Gasteiger partial charge in [0.15, 0.2) is 0 Å². The highest BCUT2D eigenvalue weighted by atomic mass is 32.2. The van der Waals surface area contributed by atoms with Crippen LogP contribution in [0.25, 0.3) is 0 Å². The molecule has 1 aliphatic carbocycles. The summed E-state index contributed by atoms with van der Waals surface area (Å²) in [7, 11) is -2.44. The number of imide groups is 1. The first-order valence-electron chi connectivity index (χ1n) is 10.3. The normalized spacial score (nSPS) is 21.3. The summed E-state index contributed by atoms with van der Waals surface area (Å²) >= 11 is 0. The van der Waals surface area contributed by atoms with Crippen LogP contribution in [-0.2, 0) is 16.6 Å². The number of methoxy groups -OCH3 is 1. The average molecular weight is 444 g/mol. The van der Waals surface area contributed by atoms with E-state index in [1.54, 1.807) is 24.3 Å². The van der Waals surface area contributed by atoms with E-state index in [4.69, 9.17) is 4.74 Å². The van der Waals surface area contributed by atoms with E-state index >= 15 is 0 Å². The second-order valence-corrected chi connectivity index (χ2v) is 9.75. The summed E-state index contributed by atoms with van der Waals surface area (Å²) < 4.78 is 34.5.